The van der Waals surface area contributed by atoms with E-state index in [4.69, 9.17) is 26.1 Å². The van der Waals surface area contributed by atoms with Gasteiger partial charge in [-0.2, -0.15) is 5.10 Å². The summed E-state index contributed by atoms with van der Waals surface area (Å²) in [6.45, 7) is 2.07. The Labute approximate surface area is 183 Å². The third-order valence-corrected chi connectivity index (χ3v) is 5.28. The van der Waals surface area contributed by atoms with Crippen LogP contribution in [0.5, 0.6) is 11.5 Å². The molecule has 0 saturated heterocycles. The average molecular weight is 444 g/mol. The van der Waals surface area contributed by atoms with Crippen LogP contribution in [0.2, 0.25) is 5.02 Å². The molecule has 31 heavy (non-hydrogen) atoms. The zero-order valence-corrected chi connectivity index (χ0v) is 18.0. The number of fused-ring (bicyclic) bond motifs is 1. The molecule has 2 aromatic heterocycles. The van der Waals surface area contributed by atoms with Gasteiger partial charge in [0.05, 0.1) is 37.5 Å². The number of halogens is 3. The second kappa shape index (κ2) is 8.51. The van der Waals surface area contributed by atoms with Crippen LogP contribution < -0.4 is 9.47 Å². The van der Waals surface area contributed by atoms with Crippen LogP contribution in [-0.2, 0) is 6.54 Å². The van der Waals surface area contributed by atoms with Crippen molar-refractivity contribution in [2.75, 3.05) is 14.2 Å². The van der Waals surface area contributed by atoms with E-state index in [9.17, 15) is 8.78 Å². The summed E-state index contributed by atoms with van der Waals surface area (Å²) < 4.78 is 40.2. The quantitative estimate of drug-likeness (QED) is 0.363. The molecule has 5 nitrogen and oxygen atoms in total. The van der Waals surface area contributed by atoms with Crippen LogP contribution in [-0.4, -0.2) is 29.0 Å². The van der Waals surface area contributed by atoms with Gasteiger partial charge in [0.15, 0.2) is 17.1 Å². The third-order valence-electron chi connectivity index (χ3n) is 5.04. The Morgan fingerprint density at radius 2 is 1.81 bits per heavy atom. The molecule has 0 aliphatic rings. The first-order valence-electron chi connectivity index (χ1n) is 9.54. The van der Waals surface area contributed by atoms with Gasteiger partial charge >= 0.3 is 0 Å². The Hall–Kier alpha value is -3.19. The number of alkyl halides is 2. The van der Waals surface area contributed by atoms with Gasteiger partial charge < -0.3 is 9.47 Å². The van der Waals surface area contributed by atoms with Gasteiger partial charge in [-0.05, 0) is 48.9 Å². The Kier molecular flexibility index (Phi) is 5.78. The van der Waals surface area contributed by atoms with Gasteiger partial charge in [-0.15, -0.1) is 0 Å². The first-order chi connectivity index (χ1) is 14.9. The number of rotatable bonds is 6. The molecule has 4 rings (SSSR count). The lowest BCUT2D eigenvalue weighted by atomic mass is 10.1. The summed E-state index contributed by atoms with van der Waals surface area (Å²) in [6, 6.07) is 13.9. The minimum atomic E-state index is -2.67. The summed E-state index contributed by atoms with van der Waals surface area (Å²) in [5.74, 6) is 1.03. The molecular formula is C23H20ClF2N3O2. The molecule has 0 N–H and O–H groups in total. The van der Waals surface area contributed by atoms with Crippen molar-refractivity contribution in [2.24, 2.45) is 0 Å². The molecule has 4 aromatic rings. The number of hydrogen-bond donors (Lipinski definition) is 0. The second-order valence-electron chi connectivity index (χ2n) is 7.04. The van der Waals surface area contributed by atoms with Crippen molar-refractivity contribution in [3.63, 3.8) is 0 Å². The fraction of sp³-hybridized carbons (Fsp3) is 0.217. The summed E-state index contributed by atoms with van der Waals surface area (Å²) in [5.41, 5.74) is 2.71. The van der Waals surface area contributed by atoms with Crippen LogP contribution in [0.15, 0.2) is 48.5 Å². The maximum Gasteiger partial charge on any atom is 0.264 e. The number of hydrogen-bond acceptors (Lipinski definition) is 4. The predicted molar refractivity (Wildman–Crippen MR) is 116 cm³/mol. The van der Waals surface area contributed by atoms with E-state index in [1.807, 2.05) is 18.2 Å². The second-order valence-corrected chi connectivity index (χ2v) is 7.48. The topological polar surface area (TPSA) is 49.2 Å². The van der Waals surface area contributed by atoms with E-state index >= 15 is 0 Å². The van der Waals surface area contributed by atoms with Crippen LogP contribution >= 0.6 is 11.6 Å². The van der Waals surface area contributed by atoms with Gasteiger partial charge in [0.2, 0.25) is 0 Å². The summed E-state index contributed by atoms with van der Waals surface area (Å²) in [4.78, 5) is 4.70. The Bertz CT molecular complexity index is 1260. The van der Waals surface area contributed by atoms with E-state index in [0.29, 0.717) is 51.1 Å². The van der Waals surface area contributed by atoms with Crippen LogP contribution in [0, 0.1) is 6.92 Å². The van der Waals surface area contributed by atoms with Crippen LogP contribution in [0.4, 0.5) is 8.78 Å². The van der Waals surface area contributed by atoms with Crippen molar-refractivity contribution in [2.45, 2.75) is 19.9 Å². The number of nitrogens with zero attached hydrogens (tertiary/aromatic N) is 3. The summed E-state index contributed by atoms with van der Waals surface area (Å²) in [5, 5.41) is 5.44. The molecule has 8 heteroatoms. The SMILES string of the molecule is COc1ccc(-c2cc(C(F)F)c3c(C)nn(Cc4cccc(Cl)c4)c3n2)cc1OC. The lowest BCUT2D eigenvalue weighted by molar-refractivity contribution is 0.153. The van der Waals surface area contributed by atoms with E-state index in [-0.39, 0.29) is 5.56 Å². The van der Waals surface area contributed by atoms with E-state index in [2.05, 4.69) is 5.10 Å². The minimum absolute atomic E-state index is 0.107. The molecule has 0 bridgehead atoms. The standard InChI is InChI=1S/C23H20ClF2N3O2/c1-13-21-17(22(25)26)11-18(15-7-8-19(30-2)20(10-15)31-3)27-23(21)29(28-13)12-14-5-4-6-16(24)9-14/h4-11,22H,12H2,1-3H3. The third kappa shape index (κ3) is 4.05. The first kappa shape index (κ1) is 21.1. The minimum Gasteiger partial charge on any atom is -0.493 e. The lowest BCUT2D eigenvalue weighted by Gasteiger charge is -2.12. The first-order valence-corrected chi connectivity index (χ1v) is 9.92. The van der Waals surface area contributed by atoms with Gasteiger partial charge in [-0.1, -0.05) is 23.7 Å². The average Bonchev–Trinajstić information content (AvgIpc) is 3.07. The summed E-state index contributed by atoms with van der Waals surface area (Å²) >= 11 is 6.09. The van der Waals surface area contributed by atoms with Crippen LogP contribution in [0.1, 0.15) is 23.2 Å². The van der Waals surface area contributed by atoms with Crippen molar-refractivity contribution in [1.82, 2.24) is 14.8 Å². The van der Waals surface area contributed by atoms with Crippen molar-refractivity contribution in [3.05, 3.63) is 70.4 Å². The normalized spacial score (nSPS) is 11.3. The monoisotopic (exact) mass is 443 g/mol. The highest BCUT2D eigenvalue weighted by atomic mass is 35.5. The fourth-order valence-electron chi connectivity index (χ4n) is 3.62. The molecule has 160 valence electrons. The van der Waals surface area contributed by atoms with Crippen molar-refractivity contribution < 1.29 is 18.3 Å². The number of benzene rings is 2. The summed E-state index contributed by atoms with van der Waals surface area (Å²) in [7, 11) is 3.06. The van der Waals surface area contributed by atoms with Gasteiger partial charge in [0.25, 0.3) is 6.43 Å². The van der Waals surface area contributed by atoms with Gasteiger partial charge in [-0.25, -0.2) is 18.4 Å². The number of aryl methyl sites for hydroxylation is 1. The smallest absolute Gasteiger partial charge is 0.264 e. The predicted octanol–water partition coefficient (Wildman–Crippen LogP) is 6.06. The van der Waals surface area contributed by atoms with Crippen molar-refractivity contribution >= 4 is 22.6 Å². The Balaban J connectivity index is 1.90. The molecule has 0 spiro atoms. The molecule has 2 aromatic carbocycles. The molecule has 0 atom stereocenters. The lowest BCUT2D eigenvalue weighted by Crippen LogP contribution is -2.04. The largest absolute Gasteiger partial charge is 0.493 e. The highest BCUT2D eigenvalue weighted by Gasteiger charge is 2.21. The maximum absolute atomic E-state index is 14.0. The number of aromatic nitrogens is 3. The summed E-state index contributed by atoms with van der Waals surface area (Å²) in [6.07, 6.45) is -2.67. The van der Waals surface area contributed by atoms with Crippen LogP contribution in [0.25, 0.3) is 22.3 Å². The Morgan fingerprint density at radius 3 is 2.48 bits per heavy atom. The molecule has 2 heterocycles. The number of pyridine rings is 1. The molecular weight excluding hydrogens is 424 g/mol. The van der Waals surface area contributed by atoms with E-state index in [1.54, 1.807) is 35.9 Å². The van der Waals surface area contributed by atoms with Gasteiger partial charge in [0, 0.05) is 16.1 Å². The van der Waals surface area contributed by atoms with Crippen LogP contribution in [0.3, 0.4) is 0 Å². The fourth-order valence-corrected chi connectivity index (χ4v) is 3.83. The van der Waals surface area contributed by atoms with E-state index in [1.165, 1.54) is 20.3 Å². The van der Waals surface area contributed by atoms with E-state index in [0.717, 1.165) is 5.56 Å². The zero-order chi connectivity index (χ0) is 22.1. The van der Waals surface area contributed by atoms with Gasteiger partial charge in [-0.3, -0.25) is 0 Å². The molecule has 0 saturated carbocycles. The Morgan fingerprint density at radius 1 is 1.03 bits per heavy atom. The molecule has 0 radical (unpaired) electrons. The number of ether oxygens (including phenoxy) is 2. The molecule has 0 fully saturated rings. The molecule has 0 aliphatic carbocycles. The zero-order valence-electron chi connectivity index (χ0n) is 17.2. The number of methoxy groups -OCH3 is 2. The van der Waals surface area contributed by atoms with Crippen molar-refractivity contribution in [1.29, 1.82) is 0 Å². The highest BCUT2D eigenvalue weighted by molar-refractivity contribution is 6.30. The van der Waals surface area contributed by atoms with Gasteiger partial charge in [0.1, 0.15) is 0 Å². The highest BCUT2D eigenvalue weighted by Crippen LogP contribution is 2.36. The molecule has 0 amide bonds. The molecule has 0 unspecified atom stereocenters. The maximum atomic E-state index is 14.0. The van der Waals surface area contributed by atoms with Crippen molar-refractivity contribution in [3.8, 4) is 22.8 Å². The molecule has 0 aliphatic heterocycles. The van der Waals surface area contributed by atoms with E-state index < -0.39 is 6.43 Å².